The lowest BCUT2D eigenvalue weighted by molar-refractivity contribution is -0.133. The molecule has 0 saturated carbocycles. The summed E-state index contributed by atoms with van der Waals surface area (Å²) in [7, 11) is 1.69. The monoisotopic (exact) mass is 242 g/mol. The molecule has 0 aromatic carbocycles. The molecule has 1 amide bonds. The van der Waals surface area contributed by atoms with Crippen LogP contribution in [0.2, 0.25) is 0 Å². The predicted octanol–water partition coefficient (Wildman–Crippen LogP) is 1.60. The van der Waals surface area contributed by atoms with E-state index in [1.54, 1.807) is 7.11 Å². The minimum Gasteiger partial charge on any atom is -0.383 e. The van der Waals surface area contributed by atoms with E-state index in [0.29, 0.717) is 12.5 Å². The van der Waals surface area contributed by atoms with Crippen LogP contribution in [0.15, 0.2) is 0 Å². The van der Waals surface area contributed by atoms with Crippen molar-refractivity contribution in [3.05, 3.63) is 0 Å². The van der Waals surface area contributed by atoms with Crippen molar-refractivity contribution in [3.8, 4) is 0 Å². The van der Waals surface area contributed by atoms with Crippen LogP contribution in [0.1, 0.15) is 40.5 Å². The van der Waals surface area contributed by atoms with Gasteiger partial charge in [0.05, 0.1) is 24.9 Å². The van der Waals surface area contributed by atoms with Crippen molar-refractivity contribution in [1.29, 1.82) is 0 Å². The lowest BCUT2D eigenvalue weighted by atomic mass is 10.1. The van der Waals surface area contributed by atoms with Gasteiger partial charge in [-0.15, -0.1) is 0 Å². The van der Waals surface area contributed by atoms with E-state index in [9.17, 15) is 4.79 Å². The summed E-state index contributed by atoms with van der Waals surface area (Å²) in [6.45, 7) is 9.03. The van der Waals surface area contributed by atoms with Crippen LogP contribution in [0, 0.1) is 5.92 Å². The van der Waals surface area contributed by atoms with Crippen molar-refractivity contribution in [2.75, 3.05) is 13.7 Å². The molecule has 0 aliphatic carbocycles. The zero-order valence-corrected chi connectivity index (χ0v) is 11.7. The van der Waals surface area contributed by atoms with Crippen molar-refractivity contribution in [1.82, 2.24) is 10.2 Å². The van der Waals surface area contributed by atoms with Gasteiger partial charge in [-0.1, -0.05) is 20.8 Å². The molecule has 1 saturated heterocycles. The summed E-state index contributed by atoms with van der Waals surface area (Å²) >= 11 is 0. The Bertz CT molecular complexity index is 256. The number of methoxy groups -OCH3 is 1. The first-order valence-electron chi connectivity index (χ1n) is 6.58. The number of hydrogen-bond acceptors (Lipinski definition) is 3. The van der Waals surface area contributed by atoms with E-state index in [4.69, 9.17) is 4.74 Å². The Hall–Kier alpha value is -0.610. The Balaban J connectivity index is 2.78. The Kier molecular flexibility index (Phi) is 5.40. The smallest absolute Gasteiger partial charge is 0.241 e. The Morgan fingerprint density at radius 2 is 2.12 bits per heavy atom. The summed E-state index contributed by atoms with van der Waals surface area (Å²) in [5.41, 5.74) is 0. The van der Waals surface area contributed by atoms with Crippen LogP contribution in [0.3, 0.4) is 0 Å². The van der Waals surface area contributed by atoms with E-state index in [-0.39, 0.29) is 24.2 Å². The first-order chi connectivity index (χ1) is 8.01. The van der Waals surface area contributed by atoms with Gasteiger partial charge in [0.1, 0.15) is 0 Å². The molecule has 4 heteroatoms. The van der Waals surface area contributed by atoms with Crippen LogP contribution in [0.4, 0.5) is 0 Å². The molecule has 0 spiro atoms. The van der Waals surface area contributed by atoms with Gasteiger partial charge in [0.2, 0.25) is 5.91 Å². The normalized spacial score (nSPS) is 26.9. The molecule has 17 heavy (non-hydrogen) atoms. The summed E-state index contributed by atoms with van der Waals surface area (Å²) in [5, 5.41) is 3.38. The maximum Gasteiger partial charge on any atom is 0.241 e. The number of carbonyl (C=O) groups is 1. The van der Waals surface area contributed by atoms with Gasteiger partial charge >= 0.3 is 0 Å². The standard InChI is InChI=1S/C13H26N2O2/c1-6-11(8-17-5)15-12(7-9(2)3)14-10(4)13(15)16/h9-12,14H,6-8H2,1-5H3. The van der Waals surface area contributed by atoms with Crippen LogP contribution in [-0.2, 0) is 9.53 Å². The lowest BCUT2D eigenvalue weighted by Crippen LogP contribution is -2.47. The van der Waals surface area contributed by atoms with Crippen LogP contribution < -0.4 is 5.32 Å². The highest BCUT2D eigenvalue weighted by atomic mass is 16.5. The number of amides is 1. The SMILES string of the molecule is CCC(COC)N1C(=O)C(C)NC1CC(C)C. The third-order valence-electron chi connectivity index (χ3n) is 3.32. The van der Waals surface area contributed by atoms with E-state index in [1.807, 2.05) is 11.8 Å². The van der Waals surface area contributed by atoms with Crippen LogP contribution in [0.25, 0.3) is 0 Å². The highest BCUT2D eigenvalue weighted by Crippen LogP contribution is 2.21. The summed E-state index contributed by atoms with van der Waals surface area (Å²) in [6.07, 6.45) is 2.09. The minimum absolute atomic E-state index is 0.0651. The molecule has 0 aromatic heterocycles. The molecule has 1 rings (SSSR count). The average molecular weight is 242 g/mol. The fraction of sp³-hybridized carbons (Fsp3) is 0.923. The number of nitrogens with one attached hydrogen (secondary N) is 1. The second-order valence-corrected chi connectivity index (χ2v) is 5.30. The number of ether oxygens (including phenoxy) is 1. The minimum atomic E-state index is -0.0651. The molecular weight excluding hydrogens is 216 g/mol. The maximum atomic E-state index is 12.2. The highest BCUT2D eigenvalue weighted by molar-refractivity contribution is 5.84. The van der Waals surface area contributed by atoms with E-state index >= 15 is 0 Å². The molecule has 0 radical (unpaired) electrons. The fourth-order valence-corrected chi connectivity index (χ4v) is 2.47. The summed E-state index contributed by atoms with van der Waals surface area (Å²) in [4.78, 5) is 14.2. The molecular formula is C13H26N2O2. The predicted molar refractivity (Wildman–Crippen MR) is 68.6 cm³/mol. The molecule has 3 unspecified atom stereocenters. The van der Waals surface area contributed by atoms with Crippen molar-refractivity contribution >= 4 is 5.91 Å². The molecule has 4 nitrogen and oxygen atoms in total. The zero-order valence-electron chi connectivity index (χ0n) is 11.7. The largest absolute Gasteiger partial charge is 0.383 e. The first-order valence-corrected chi connectivity index (χ1v) is 6.58. The van der Waals surface area contributed by atoms with Gasteiger partial charge in [-0.3, -0.25) is 10.1 Å². The molecule has 100 valence electrons. The summed E-state index contributed by atoms with van der Waals surface area (Å²) in [5.74, 6) is 0.785. The molecule has 1 N–H and O–H groups in total. The number of nitrogens with zero attached hydrogens (tertiary/aromatic N) is 1. The molecule has 1 fully saturated rings. The van der Waals surface area contributed by atoms with Crippen LogP contribution >= 0.6 is 0 Å². The van der Waals surface area contributed by atoms with Gasteiger partial charge in [0.15, 0.2) is 0 Å². The van der Waals surface area contributed by atoms with Crippen LogP contribution in [0.5, 0.6) is 0 Å². The third-order valence-corrected chi connectivity index (χ3v) is 3.32. The molecule has 0 aromatic rings. The number of hydrogen-bond donors (Lipinski definition) is 1. The van der Waals surface area contributed by atoms with Gasteiger partial charge in [0.25, 0.3) is 0 Å². The van der Waals surface area contributed by atoms with E-state index in [1.165, 1.54) is 0 Å². The molecule has 3 atom stereocenters. The van der Waals surface area contributed by atoms with Gasteiger partial charge in [-0.05, 0) is 25.7 Å². The lowest BCUT2D eigenvalue weighted by Gasteiger charge is -2.32. The zero-order chi connectivity index (χ0) is 13.0. The quantitative estimate of drug-likeness (QED) is 0.769. The Labute approximate surface area is 105 Å². The van der Waals surface area contributed by atoms with E-state index in [0.717, 1.165) is 12.8 Å². The molecule has 1 aliphatic rings. The van der Waals surface area contributed by atoms with Gasteiger partial charge < -0.3 is 9.64 Å². The number of rotatable bonds is 6. The molecule has 1 heterocycles. The highest BCUT2D eigenvalue weighted by Gasteiger charge is 2.39. The van der Waals surface area contributed by atoms with Crippen molar-refractivity contribution in [3.63, 3.8) is 0 Å². The van der Waals surface area contributed by atoms with Gasteiger partial charge in [0, 0.05) is 7.11 Å². The van der Waals surface area contributed by atoms with Crippen LogP contribution in [-0.4, -0.2) is 42.8 Å². The molecule has 1 aliphatic heterocycles. The fourth-order valence-electron chi connectivity index (χ4n) is 2.47. The van der Waals surface area contributed by atoms with Gasteiger partial charge in [-0.25, -0.2) is 0 Å². The maximum absolute atomic E-state index is 12.2. The first kappa shape index (κ1) is 14.5. The van der Waals surface area contributed by atoms with E-state index in [2.05, 4.69) is 26.1 Å². The second-order valence-electron chi connectivity index (χ2n) is 5.30. The topological polar surface area (TPSA) is 41.6 Å². The van der Waals surface area contributed by atoms with Gasteiger partial charge in [-0.2, -0.15) is 0 Å². The Morgan fingerprint density at radius 1 is 1.47 bits per heavy atom. The van der Waals surface area contributed by atoms with E-state index < -0.39 is 0 Å². The third kappa shape index (κ3) is 3.42. The Morgan fingerprint density at radius 3 is 2.59 bits per heavy atom. The van der Waals surface area contributed by atoms with Crippen molar-refractivity contribution < 1.29 is 9.53 Å². The van der Waals surface area contributed by atoms with Crippen molar-refractivity contribution in [2.24, 2.45) is 5.92 Å². The average Bonchev–Trinajstić information content (AvgIpc) is 2.51. The second kappa shape index (κ2) is 6.36. The molecule has 0 bridgehead atoms. The summed E-state index contributed by atoms with van der Waals surface area (Å²) in [6, 6.07) is 0.123. The summed E-state index contributed by atoms with van der Waals surface area (Å²) < 4.78 is 5.22. The van der Waals surface area contributed by atoms with Crippen molar-refractivity contribution in [2.45, 2.75) is 58.8 Å². The number of carbonyl (C=O) groups excluding carboxylic acids is 1.